The molecule has 0 atom stereocenters. The summed E-state index contributed by atoms with van der Waals surface area (Å²) in [6.07, 6.45) is 4.79. The molecule has 4 heterocycles. The van der Waals surface area contributed by atoms with Crippen molar-refractivity contribution in [3.05, 3.63) is 71.2 Å². The van der Waals surface area contributed by atoms with Gasteiger partial charge in [0.2, 0.25) is 11.1 Å². The Labute approximate surface area is 201 Å². The lowest BCUT2D eigenvalue weighted by Crippen LogP contribution is -2.16. The molecule has 1 aromatic carbocycles. The Hall–Kier alpha value is -3.72. The number of pyridine rings is 1. The lowest BCUT2D eigenvalue weighted by Gasteiger charge is -2.11. The molecule has 0 unspecified atom stereocenters. The molecule has 8 nitrogen and oxygen atoms in total. The van der Waals surface area contributed by atoms with Crippen molar-refractivity contribution in [2.45, 2.75) is 38.8 Å². The van der Waals surface area contributed by atoms with Crippen molar-refractivity contribution in [2.75, 3.05) is 11.6 Å². The second-order valence-corrected chi connectivity index (χ2v) is 9.00. The second kappa shape index (κ2) is 8.90. The summed E-state index contributed by atoms with van der Waals surface area (Å²) < 4.78 is 3.70. The maximum absolute atomic E-state index is 13.1. The number of hydrogen-bond acceptors (Lipinski definition) is 6. The van der Waals surface area contributed by atoms with Crippen LogP contribution < -0.4 is 5.32 Å². The highest BCUT2D eigenvalue weighted by molar-refractivity contribution is 7.98. The molecule has 0 saturated carbocycles. The van der Waals surface area contributed by atoms with Crippen molar-refractivity contribution in [1.29, 1.82) is 0 Å². The van der Waals surface area contributed by atoms with E-state index in [4.69, 9.17) is 4.98 Å². The van der Waals surface area contributed by atoms with Gasteiger partial charge in [-0.3, -0.25) is 9.20 Å². The third-order valence-corrected chi connectivity index (χ3v) is 6.42. The number of amides is 1. The van der Waals surface area contributed by atoms with Crippen molar-refractivity contribution in [3.8, 4) is 11.3 Å². The third kappa shape index (κ3) is 4.03. The van der Waals surface area contributed by atoms with Crippen LogP contribution in [0.3, 0.4) is 0 Å². The highest BCUT2D eigenvalue weighted by Gasteiger charge is 2.18. The zero-order chi connectivity index (χ0) is 23.8. The van der Waals surface area contributed by atoms with Crippen LogP contribution in [0.25, 0.3) is 22.7 Å². The summed E-state index contributed by atoms with van der Waals surface area (Å²) in [5.41, 5.74) is 6.42. The van der Waals surface area contributed by atoms with E-state index in [0.717, 1.165) is 39.4 Å². The second-order valence-electron chi connectivity index (χ2n) is 8.23. The minimum atomic E-state index is -0.0808. The number of carbonyl (C=O) groups is 1. The fourth-order valence-electron chi connectivity index (χ4n) is 4.14. The van der Waals surface area contributed by atoms with Crippen LogP contribution in [0.1, 0.15) is 28.9 Å². The van der Waals surface area contributed by atoms with E-state index >= 15 is 0 Å². The zero-order valence-electron chi connectivity index (χ0n) is 19.5. The Kier molecular flexibility index (Phi) is 5.79. The molecule has 1 amide bonds. The Morgan fingerprint density at radius 1 is 1.03 bits per heavy atom. The number of rotatable bonds is 6. The number of carbonyl (C=O) groups excluding carboxylic acids is 1. The molecule has 0 aliphatic heterocycles. The molecule has 0 aliphatic carbocycles. The number of fused-ring (bicyclic) bond motifs is 2. The van der Waals surface area contributed by atoms with Gasteiger partial charge in [0.15, 0.2) is 0 Å². The number of benzene rings is 1. The number of hydrogen-bond donors (Lipinski definition) is 1. The first-order valence-corrected chi connectivity index (χ1v) is 12.3. The SMILES string of the molecule is CSc1nc2nc(C)c(CCC(=O)Nc3c(-c4ccccc4)nc4ccc(C)cn34)c(C)n2n1. The van der Waals surface area contributed by atoms with Gasteiger partial charge in [0.1, 0.15) is 17.2 Å². The molecule has 0 bridgehead atoms. The highest BCUT2D eigenvalue weighted by atomic mass is 32.2. The summed E-state index contributed by atoms with van der Waals surface area (Å²) in [6.45, 7) is 5.97. The molecule has 5 aromatic rings. The summed E-state index contributed by atoms with van der Waals surface area (Å²) in [7, 11) is 0. The van der Waals surface area contributed by atoms with E-state index in [9.17, 15) is 4.79 Å². The molecule has 0 saturated heterocycles. The van der Waals surface area contributed by atoms with Crippen LogP contribution in [0.4, 0.5) is 5.82 Å². The number of nitrogens with one attached hydrogen (secondary N) is 1. The average molecular weight is 472 g/mol. The summed E-state index contributed by atoms with van der Waals surface area (Å²) in [4.78, 5) is 26.9. The van der Waals surface area contributed by atoms with E-state index < -0.39 is 0 Å². The van der Waals surface area contributed by atoms with Crippen molar-refractivity contribution in [3.63, 3.8) is 0 Å². The van der Waals surface area contributed by atoms with E-state index in [1.54, 1.807) is 4.52 Å². The largest absolute Gasteiger partial charge is 0.310 e. The number of anilines is 1. The topological polar surface area (TPSA) is 89.5 Å². The average Bonchev–Trinajstić information content (AvgIpc) is 3.41. The molecule has 9 heteroatoms. The first-order chi connectivity index (χ1) is 16.4. The first kappa shape index (κ1) is 22.1. The Balaban J connectivity index is 1.43. The van der Waals surface area contributed by atoms with Crippen LogP contribution in [0.2, 0.25) is 0 Å². The molecule has 1 N–H and O–H groups in total. The molecule has 0 spiro atoms. The monoisotopic (exact) mass is 471 g/mol. The summed E-state index contributed by atoms with van der Waals surface area (Å²) >= 11 is 1.48. The van der Waals surface area contributed by atoms with Crippen LogP contribution in [-0.4, -0.2) is 41.1 Å². The molecule has 0 fully saturated rings. The molecule has 5 rings (SSSR count). The number of thioether (sulfide) groups is 1. The van der Waals surface area contributed by atoms with E-state index in [2.05, 4.69) is 20.4 Å². The Morgan fingerprint density at radius 2 is 1.82 bits per heavy atom. The van der Waals surface area contributed by atoms with Crippen molar-refractivity contribution in [2.24, 2.45) is 0 Å². The molecular formula is C25H25N7OS. The summed E-state index contributed by atoms with van der Waals surface area (Å²) in [5.74, 6) is 1.18. The number of imidazole rings is 1. The molecule has 0 aliphatic rings. The fraction of sp³-hybridized carbons (Fsp3) is 0.240. The fourth-order valence-corrected chi connectivity index (χ4v) is 4.48. The minimum Gasteiger partial charge on any atom is -0.310 e. The maximum atomic E-state index is 13.1. The van der Waals surface area contributed by atoms with Gasteiger partial charge in [0, 0.05) is 29.6 Å². The number of aromatic nitrogens is 6. The van der Waals surface area contributed by atoms with Crippen LogP contribution in [0, 0.1) is 20.8 Å². The Morgan fingerprint density at radius 3 is 2.59 bits per heavy atom. The quantitative estimate of drug-likeness (QED) is 0.362. The lowest BCUT2D eigenvalue weighted by molar-refractivity contribution is -0.116. The number of nitrogens with zero attached hydrogens (tertiary/aromatic N) is 6. The van der Waals surface area contributed by atoms with E-state index in [1.165, 1.54) is 11.8 Å². The maximum Gasteiger partial charge on any atom is 0.253 e. The molecule has 172 valence electrons. The van der Waals surface area contributed by atoms with E-state index in [1.807, 2.05) is 80.1 Å². The molecule has 34 heavy (non-hydrogen) atoms. The van der Waals surface area contributed by atoms with Gasteiger partial charge in [-0.05, 0) is 50.6 Å². The van der Waals surface area contributed by atoms with E-state index in [0.29, 0.717) is 29.6 Å². The van der Waals surface area contributed by atoms with Gasteiger partial charge in [0.05, 0.1) is 0 Å². The standard InChI is InChI=1S/C25H25N7OS/c1-15-10-12-20-27-22(18-8-6-5-7-9-18)23(31(20)14-15)28-21(33)13-11-19-16(2)26-24-29-25(34-4)30-32(24)17(19)3/h5-10,12,14H,11,13H2,1-4H3,(H,28,33). The predicted molar refractivity (Wildman–Crippen MR) is 134 cm³/mol. The van der Waals surface area contributed by atoms with Gasteiger partial charge in [0.25, 0.3) is 5.78 Å². The third-order valence-electron chi connectivity index (χ3n) is 5.89. The lowest BCUT2D eigenvalue weighted by atomic mass is 10.1. The first-order valence-electron chi connectivity index (χ1n) is 11.1. The molecule has 0 radical (unpaired) electrons. The van der Waals surface area contributed by atoms with Crippen LogP contribution in [0.5, 0.6) is 0 Å². The predicted octanol–water partition coefficient (Wildman–Crippen LogP) is 4.66. The van der Waals surface area contributed by atoms with Gasteiger partial charge in [-0.15, -0.1) is 5.10 Å². The number of aryl methyl sites for hydroxylation is 3. The summed E-state index contributed by atoms with van der Waals surface area (Å²) in [5, 5.41) is 8.31. The van der Waals surface area contributed by atoms with E-state index in [-0.39, 0.29) is 5.91 Å². The van der Waals surface area contributed by atoms with Gasteiger partial charge in [-0.25, -0.2) is 14.5 Å². The van der Waals surface area contributed by atoms with Gasteiger partial charge in [-0.2, -0.15) is 4.98 Å². The minimum absolute atomic E-state index is 0.0808. The van der Waals surface area contributed by atoms with Crippen LogP contribution in [0.15, 0.2) is 53.8 Å². The molecular weight excluding hydrogens is 446 g/mol. The van der Waals surface area contributed by atoms with Crippen LogP contribution in [-0.2, 0) is 11.2 Å². The van der Waals surface area contributed by atoms with Crippen molar-refractivity contribution in [1.82, 2.24) is 29.0 Å². The van der Waals surface area contributed by atoms with Gasteiger partial charge >= 0.3 is 0 Å². The Bertz CT molecular complexity index is 1520. The smallest absolute Gasteiger partial charge is 0.253 e. The zero-order valence-corrected chi connectivity index (χ0v) is 20.3. The van der Waals surface area contributed by atoms with Gasteiger partial charge < -0.3 is 5.32 Å². The van der Waals surface area contributed by atoms with Gasteiger partial charge in [-0.1, -0.05) is 48.2 Å². The summed E-state index contributed by atoms with van der Waals surface area (Å²) in [6, 6.07) is 13.9. The van der Waals surface area contributed by atoms with Crippen LogP contribution >= 0.6 is 11.8 Å². The molecule has 4 aromatic heterocycles. The van der Waals surface area contributed by atoms with Crippen molar-refractivity contribution < 1.29 is 4.79 Å². The normalized spacial score (nSPS) is 11.4. The van der Waals surface area contributed by atoms with Crippen molar-refractivity contribution >= 4 is 34.9 Å². The highest BCUT2D eigenvalue weighted by Crippen LogP contribution is 2.29.